The number of ether oxygens (including phenoxy) is 1. The molecule has 1 aliphatic rings. The van der Waals surface area contributed by atoms with E-state index in [-0.39, 0.29) is 25.0 Å². The zero-order chi connectivity index (χ0) is 34.0. The van der Waals surface area contributed by atoms with Crippen molar-refractivity contribution < 1.29 is 23.9 Å². The zero-order valence-corrected chi connectivity index (χ0v) is 28.6. The highest BCUT2D eigenvalue weighted by Gasteiger charge is 2.60. The van der Waals surface area contributed by atoms with Crippen molar-refractivity contribution in [1.29, 1.82) is 0 Å². The van der Waals surface area contributed by atoms with Gasteiger partial charge in [0.15, 0.2) is 11.2 Å². The van der Waals surface area contributed by atoms with Crippen LogP contribution in [0.15, 0.2) is 91.0 Å². The largest absolute Gasteiger partial charge is 0.464 e. The average molecular weight is 653 g/mol. The van der Waals surface area contributed by atoms with Crippen LogP contribution in [0.5, 0.6) is 0 Å². The van der Waals surface area contributed by atoms with E-state index in [1.54, 1.807) is 72.8 Å². The number of carbonyl (C=O) groups excluding carboxylic acids is 4. The molecule has 0 bridgehead atoms. The Balaban J connectivity index is 1.37. The number of anilines is 2. The number of Topliss-reactive ketones (excluding diaryl/α,β-unsaturated/α-hetero) is 1. The number of amides is 2. The zero-order valence-electron chi connectivity index (χ0n) is 28.6. The van der Waals surface area contributed by atoms with E-state index in [4.69, 9.17) is 4.74 Å². The van der Waals surface area contributed by atoms with Gasteiger partial charge in [-0.2, -0.15) is 0 Å². The predicted octanol–water partition coefficient (Wildman–Crippen LogP) is 9.66. The lowest BCUT2D eigenvalue weighted by molar-refractivity contribution is -0.152. The lowest BCUT2D eigenvalue weighted by atomic mass is 9.81. The van der Waals surface area contributed by atoms with Gasteiger partial charge in [-0.05, 0) is 37.1 Å². The van der Waals surface area contributed by atoms with Crippen LogP contribution in [0.4, 0.5) is 11.4 Å². The topological polar surface area (TPSA) is 84.0 Å². The Bertz CT molecular complexity index is 1370. The highest BCUT2D eigenvalue weighted by atomic mass is 16.5. The van der Waals surface area contributed by atoms with Crippen LogP contribution in [0.2, 0.25) is 0 Å². The quantitative estimate of drug-likeness (QED) is 0.0467. The second-order valence-electron chi connectivity index (χ2n) is 12.9. The third-order valence-electron chi connectivity index (χ3n) is 9.24. The lowest BCUT2D eigenvalue weighted by Gasteiger charge is -2.27. The van der Waals surface area contributed by atoms with Crippen LogP contribution in [-0.4, -0.2) is 30.2 Å². The monoisotopic (exact) mass is 652 g/mol. The summed E-state index contributed by atoms with van der Waals surface area (Å²) in [6.07, 6.45) is 15.8. The molecule has 0 radical (unpaired) electrons. The molecule has 7 nitrogen and oxygen atoms in total. The number of unbranched alkanes of at least 4 members (excludes halogenated alkanes) is 12. The molecule has 2 amide bonds. The Labute approximate surface area is 286 Å². The van der Waals surface area contributed by atoms with Crippen LogP contribution in [0.3, 0.4) is 0 Å². The summed E-state index contributed by atoms with van der Waals surface area (Å²) in [5, 5.41) is 2.70. The van der Waals surface area contributed by atoms with Crippen LogP contribution in [0, 0.1) is 5.41 Å². The Kier molecular flexibility index (Phi) is 14.9. The summed E-state index contributed by atoms with van der Waals surface area (Å²) in [7, 11) is 0. The summed E-state index contributed by atoms with van der Waals surface area (Å²) in [6.45, 7) is 1.83. The first-order valence-corrected chi connectivity index (χ1v) is 18.0. The van der Waals surface area contributed by atoms with Crippen molar-refractivity contribution in [3.8, 4) is 0 Å². The molecule has 1 aliphatic heterocycles. The minimum atomic E-state index is -1.75. The van der Waals surface area contributed by atoms with Crippen LogP contribution in [-0.2, 0) is 19.1 Å². The maximum atomic E-state index is 14.4. The minimum absolute atomic E-state index is 0.0524. The highest BCUT2D eigenvalue weighted by molar-refractivity contribution is 6.26. The van der Waals surface area contributed by atoms with Gasteiger partial charge in [0, 0.05) is 18.4 Å². The molecule has 0 atom stereocenters. The molecule has 0 spiro atoms. The van der Waals surface area contributed by atoms with E-state index in [9.17, 15) is 19.2 Å². The maximum Gasteiger partial charge on any atom is 0.305 e. The van der Waals surface area contributed by atoms with Crippen LogP contribution in [0.1, 0.15) is 120 Å². The minimum Gasteiger partial charge on any atom is -0.464 e. The van der Waals surface area contributed by atoms with Crippen LogP contribution < -0.4 is 10.0 Å². The fraction of sp³-hybridized carbons (Fsp3) is 0.463. The smallest absolute Gasteiger partial charge is 0.305 e. The lowest BCUT2D eigenvalue weighted by Crippen LogP contribution is -2.42. The van der Waals surface area contributed by atoms with Crippen LogP contribution in [0.25, 0.3) is 0 Å². The fourth-order valence-electron chi connectivity index (χ4n) is 6.35. The molecule has 0 saturated carbocycles. The second-order valence-corrected chi connectivity index (χ2v) is 12.9. The molecular weight excluding hydrogens is 600 g/mol. The summed E-state index contributed by atoms with van der Waals surface area (Å²) in [4.78, 5) is 55.0. The van der Waals surface area contributed by atoms with Gasteiger partial charge in [-0.15, -0.1) is 0 Å². The van der Waals surface area contributed by atoms with E-state index in [0.29, 0.717) is 23.4 Å². The highest BCUT2D eigenvalue weighted by Crippen LogP contribution is 2.42. The normalized spacial score (nSPS) is 14.0. The number of hydrazine groups is 1. The summed E-state index contributed by atoms with van der Waals surface area (Å²) in [5.74, 6) is -1.65. The predicted molar refractivity (Wildman–Crippen MR) is 192 cm³/mol. The molecule has 0 aromatic heterocycles. The Hall–Kier alpha value is -4.26. The Morgan fingerprint density at radius 1 is 0.562 bits per heavy atom. The number of hydrogen-bond donors (Lipinski definition) is 0. The molecule has 1 fully saturated rings. The van der Waals surface area contributed by atoms with Crippen LogP contribution >= 0.6 is 0 Å². The summed E-state index contributed by atoms with van der Waals surface area (Å²) in [5.41, 5.74) is -0.227. The van der Waals surface area contributed by atoms with Gasteiger partial charge in [0.2, 0.25) is 0 Å². The molecular formula is C41H52N2O5. The SMILES string of the molecule is CCCCCCCCCCCCCCCC(=O)OCC1(CCC(=O)c2ccccc2)C(=O)N(c2ccccc2)N(c2ccccc2)C1=O. The standard InChI is InChI=1S/C41H52N2O5/c1-2-3-4-5-6-7-8-9-10-11-12-13-23-30-38(45)48-33-41(32-31-37(44)34-24-17-14-18-25-34)39(46)42(35-26-19-15-20-27-35)43(40(41)47)36-28-21-16-22-29-36/h14-22,24-29H,2-13,23,30-33H2,1H3. The average Bonchev–Trinajstić information content (AvgIpc) is 3.34. The molecule has 0 N–H and O–H groups in total. The van der Waals surface area contributed by atoms with E-state index < -0.39 is 29.8 Å². The van der Waals surface area contributed by atoms with Gasteiger partial charge < -0.3 is 4.74 Å². The number of rotatable bonds is 22. The molecule has 4 rings (SSSR count). The number of benzene rings is 3. The van der Waals surface area contributed by atoms with E-state index in [1.165, 1.54) is 67.8 Å². The van der Waals surface area contributed by atoms with E-state index >= 15 is 0 Å². The summed E-state index contributed by atoms with van der Waals surface area (Å²) >= 11 is 0. The number of esters is 1. The van der Waals surface area contributed by atoms with Gasteiger partial charge >= 0.3 is 5.97 Å². The van der Waals surface area contributed by atoms with Gasteiger partial charge in [0.25, 0.3) is 11.8 Å². The first kappa shape index (κ1) is 36.6. The molecule has 1 saturated heterocycles. The third-order valence-corrected chi connectivity index (χ3v) is 9.24. The van der Waals surface area contributed by atoms with Gasteiger partial charge in [-0.3, -0.25) is 19.2 Å². The van der Waals surface area contributed by atoms with Crippen molar-refractivity contribution in [3.05, 3.63) is 96.6 Å². The molecule has 256 valence electrons. The van der Waals surface area contributed by atoms with Crippen molar-refractivity contribution in [3.63, 3.8) is 0 Å². The molecule has 3 aromatic carbocycles. The fourth-order valence-corrected chi connectivity index (χ4v) is 6.35. The Morgan fingerprint density at radius 2 is 0.979 bits per heavy atom. The van der Waals surface area contributed by atoms with Gasteiger partial charge in [-0.1, -0.05) is 151 Å². The number of carbonyl (C=O) groups is 4. The molecule has 48 heavy (non-hydrogen) atoms. The molecule has 7 heteroatoms. The van der Waals surface area contributed by atoms with E-state index in [1.807, 2.05) is 18.2 Å². The van der Waals surface area contributed by atoms with E-state index in [0.717, 1.165) is 19.3 Å². The Morgan fingerprint density at radius 3 is 1.44 bits per heavy atom. The van der Waals surface area contributed by atoms with E-state index in [2.05, 4.69) is 6.92 Å². The number of para-hydroxylation sites is 2. The maximum absolute atomic E-state index is 14.4. The first-order chi connectivity index (χ1) is 23.5. The molecule has 3 aromatic rings. The van der Waals surface area contributed by atoms with Gasteiger partial charge in [0.1, 0.15) is 6.61 Å². The summed E-state index contributed by atoms with van der Waals surface area (Å²) in [6, 6.07) is 26.7. The van der Waals surface area contributed by atoms with Crippen molar-refractivity contribution in [2.75, 3.05) is 16.6 Å². The molecule has 0 unspecified atom stereocenters. The first-order valence-electron chi connectivity index (χ1n) is 18.0. The van der Waals surface area contributed by atoms with Crippen molar-refractivity contribution in [2.24, 2.45) is 5.41 Å². The second kappa shape index (κ2) is 19.5. The number of ketones is 1. The summed E-state index contributed by atoms with van der Waals surface area (Å²) < 4.78 is 5.74. The van der Waals surface area contributed by atoms with Crippen molar-refractivity contribution >= 4 is 34.9 Å². The number of nitrogens with zero attached hydrogens (tertiary/aromatic N) is 2. The van der Waals surface area contributed by atoms with Crippen molar-refractivity contribution in [1.82, 2.24) is 0 Å². The molecule has 1 heterocycles. The number of hydrogen-bond acceptors (Lipinski definition) is 5. The molecule has 0 aliphatic carbocycles. The van der Waals surface area contributed by atoms with Gasteiger partial charge in [0.05, 0.1) is 11.4 Å². The van der Waals surface area contributed by atoms with Crippen molar-refractivity contribution in [2.45, 2.75) is 110 Å². The van der Waals surface area contributed by atoms with Gasteiger partial charge in [-0.25, -0.2) is 10.0 Å². The third kappa shape index (κ3) is 10.1.